The SMILES string of the molecule is Cc1cc(C)nc(NNC2=CCN(C(C)C)CC2)n1. The zero-order valence-corrected chi connectivity index (χ0v) is 12.2. The number of anilines is 1. The number of hydrogen-bond acceptors (Lipinski definition) is 5. The number of hydrogen-bond donors (Lipinski definition) is 2. The first-order valence-corrected chi connectivity index (χ1v) is 6.82. The molecular formula is C14H23N5. The Balaban J connectivity index is 1.89. The van der Waals surface area contributed by atoms with E-state index in [9.17, 15) is 0 Å². The second-order valence-electron chi connectivity index (χ2n) is 5.29. The van der Waals surface area contributed by atoms with Crippen molar-refractivity contribution in [2.75, 3.05) is 18.5 Å². The van der Waals surface area contributed by atoms with Gasteiger partial charge in [-0.15, -0.1) is 0 Å². The van der Waals surface area contributed by atoms with E-state index in [1.165, 1.54) is 5.70 Å². The summed E-state index contributed by atoms with van der Waals surface area (Å²) in [6, 6.07) is 2.57. The number of aryl methyl sites for hydroxylation is 2. The maximum absolute atomic E-state index is 4.34. The molecule has 0 atom stereocenters. The number of hydrazine groups is 1. The van der Waals surface area contributed by atoms with E-state index in [0.29, 0.717) is 12.0 Å². The van der Waals surface area contributed by atoms with Crippen LogP contribution >= 0.6 is 0 Å². The van der Waals surface area contributed by atoms with E-state index < -0.39 is 0 Å². The Morgan fingerprint density at radius 3 is 2.37 bits per heavy atom. The minimum atomic E-state index is 0.605. The molecular weight excluding hydrogens is 238 g/mol. The lowest BCUT2D eigenvalue weighted by atomic mass is 10.2. The maximum atomic E-state index is 4.34. The Hall–Kier alpha value is -1.62. The Morgan fingerprint density at radius 1 is 1.16 bits per heavy atom. The van der Waals surface area contributed by atoms with Gasteiger partial charge in [0.25, 0.3) is 0 Å². The lowest BCUT2D eigenvalue weighted by molar-refractivity contribution is 0.237. The van der Waals surface area contributed by atoms with Crippen LogP contribution in [-0.2, 0) is 0 Å². The fraction of sp³-hybridized carbons (Fsp3) is 0.571. The molecule has 0 fully saturated rings. The molecule has 2 heterocycles. The van der Waals surface area contributed by atoms with Gasteiger partial charge in [0.1, 0.15) is 0 Å². The molecule has 1 aliphatic heterocycles. The van der Waals surface area contributed by atoms with Crippen molar-refractivity contribution in [1.29, 1.82) is 0 Å². The van der Waals surface area contributed by atoms with Crippen LogP contribution in [0.1, 0.15) is 31.7 Å². The molecule has 104 valence electrons. The van der Waals surface area contributed by atoms with Crippen molar-refractivity contribution in [3.05, 3.63) is 29.2 Å². The second-order valence-corrected chi connectivity index (χ2v) is 5.29. The number of rotatable bonds is 4. The highest BCUT2D eigenvalue weighted by Crippen LogP contribution is 2.11. The smallest absolute Gasteiger partial charge is 0.242 e. The Kier molecular flexibility index (Phi) is 4.37. The molecule has 1 aromatic rings. The largest absolute Gasteiger partial charge is 0.303 e. The molecule has 0 saturated carbocycles. The van der Waals surface area contributed by atoms with Crippen molar-refractivity contribution in [3.8, 4) is 0 Å². The van der Waals surface area contributed by atoms with Gasteiger partial charge >= 0.3 is 0 Å². The van der Waals surface area contributed by atoms with Crippen molar-refractivity contribution >= 4 is 5.95 Å². The van der Waals surface area contributed by atoms with E-state index in [1.54, 1.807) is 0 Å². The average molecular weight is 261 g/mol. The number of nitrogens with zero attached hydrogens (tertiary/aromatic N) is 3. The van der Waals surface area contributed by atoms with Crippen LogP contribution in [0.25, 0.3) is 0 Å². The molecule has 1 aliphatic rings. The lowest BCUT2D eigenvalue weighted by Crippen LogP contribution is -2.37. The van der Waals surface area contributed by atoms with E-state index in [2.05, 4.69) is 45.6 Å². The Labute approximate surface area is 115 Å². The van der Waals surface area contributed by atoms with Crippen molar-refractivity contribution in [3.63, 3.8) is 0 Å². The summed E-state index contributed by atoms with van der Waals surface area (Å²) in [7, 11) is 0. The van der Waals surface area contributed by atoms with Gasteiger partial charge < -0.3 is 5.43 Å². The van der Waals surface area contributed by atoms with Crippen molar-refractivity contribution in [1.82, 2.24) is 20.3 Å². The molecule has 2 rings (SSSR count). The molecule has 0 spiro atoms. The van der Waals surface area contributed by atoms with Crippen molar-refractivity contribution < 1.29 is 0 Å². The summed E-state index contributed by atoms with van der Waals surface area (Å²) in [6.45, 7) is 10.5. The van der Waals surface area contributed by atoms with Crippen LogP contribution in [0.5, 0.6) is 0 Å². The van der Waals surface area contributed by atoms with Crippen LogP contribution in [-0.4, -0.2) is 34.0 Å². The minimum absolute atomic E-state index is 0.605. The fourth-order valence-corrected chi connectivity index (χ4v) is 2.19. The first kappa shape index (κ1) is 13.8. The standard InChI is InChI=1S/C14H23N5/c1-10(2)19-7-5-13(6-8-19)17-18-14-15-11(3)9-12(4)16-14/h5,9-10,17H,6-8H2,1-4H3,(H,15,16,18). The van der Waals surface area contributed by atoms with Crippen LogP contribution in [0.4, 0.5) is 5.95 Å². The minimum Gasteiger partial charge on any atom is -0.303 e. The van der Waals surface area contributed by atoms with Crippen LogP contribution in [0.15, 0.2) is 17.8 Å². The van der Waals surface area contributed by atoms with Gasteiger partial charge in [0.05, 0.1) is 0 Å². The van der Waals surface area contributed by atoms with Gasteiger partial charge in [0, 0.05) is 42.6 Å². The molecule has 1 aromatic heterocycles. The predicted octanol–water partition coefficient (Wildman–Crippen LogP) is 2.01. The zero-order valence-electron chi connectivity index (χ0n) is 12.2. The molecule has 0 radical (unpaired) electrons. The highest BCUT2D eigenvalue weighted by Gasteiger charge is 2.13. The van der Waals surface area contributed by atoms with Crippen molar-refractivity contribution in [2.24, 2.45) is 0 Å². The normalized spacial score (nSPS) is 16.4. The van der Waals surface area contributed by atoms with Gasteiger partial charge in [0.15, 0.2) is 0 Å². The van der Waals surface area contributed by atoms with E-state index >= 15 is 0 Å². The molecule has 0 aromatic carbocycles. The third-order valence-corrected chi connectivity index (χ3v) is 3.29. The van der Waals surface area contributed by atoms with E-state index in [4.69, 9.17) is 0 Å². The summed E-state index contributed by atoms with van der Waals surface area (Å²) in [4.78, 5) is 11.1. The average Bonchev–Trinajstić information content (AvgIpc) is 2.36. The predicted molar refractivity (Wildman–Crippen MR) is 77.7 cm³/mol. The zero-order chi connectivity index (χ0) is 13.8. The summed E-state index contributed by atoms with van der Waals surface area (Å²) in [5.74, 6) is 0.629. The molecule has 0 unspecified atom stereocenters. The van der Waals surface area contributed by atoms with Crippen LogP contribution in [0, 0.1) is 13.8 Å². The molecule has 5 heteroatoms. The molecule has 5 nitrogen and oxygen atoms in total. The van der Waals surface area contributed by atoms with Gasteiger partial charge in [-0.1, -0.05) is 0 Å². The summed E-state index contributed by atoms with van der Waals surface area (Å²) in [5.41, 5.74) is 9.45. The van der Waals surface area contributed by atoms with Gasteiger partial charge in [-0.2, -0.15) is 0 Å². The first-order valence-electron chi connectivity index (χ1n) is 6.82. The van der Waals surface area contributed by atoms with Gasteiger partial charge in [0.2, 0.25) is 5.95 Å². The van der Waals surface area contributed by atoms with Gasteiger partial charge in [-0.05, 0) is 39.8 Å². The van der Waals surface area contributed by atoms with Crippen molar-refractivity contribution in [2.45, 2.75) is 40.2 Å². The molecule has 0 bridgehead atoms. The summed E-state index contributed by atoms with van der Waals surface area (Å²) >= 11 is 0. The fourth-order valence-electron chi connectivity index (χ4n) is 2.19. The number of aromatic nitrogens is 2. The summed E-state index contributed by atoms with van der Waals surface area (Å²) in [5, 5.41) is 0. The molecule has 0 amide bonds. The van der Waals surface area contributed by atoms with Crippen LogP contribution in [0.2, 0.25) is 0 Å². The Bertz CT molecular complexity index is 447. The quantitative estimate of drug-likeness (QED) is 0.812. The van der Waals surface area contributed by atoms with Crippen LogP contribution in [0.3, 0.4) is 0 Å². The first-order chi connectivity index (χ1) is 9.04. The topological polar surface area (TPSA) is 53.1 Å². The number of nitrogens with one attached hydrogen (secondary N) is 2. The lowest BCUT2D eigenvalue weighted by Gasteiger charge is -2.29. The summed E-state index contributed by atoms with van der Waals surface area (Å²) in [6.07, 6.45) is 3.25. The Morgan fingerprint density at radius 2 is 1.84 bits per heavy atom. The third-order valence-electron chi connectivity index (χ3n) is 3.29. The highest BCUT2D eigenvalue weighted by atomic mass is 15.4. The molecule has 2 N–H and O–H groups in total. The van der Waals surface area contributed by atoms with Gasteiger partial charge in [-0.3, -0.25) is 10.3 Å². The van der Waals surface area contributed by atoms with Crippen LogP contribution < -0.4 is 10.9 Å². The summed E-state index contributed by atoms with van der Waals surface area (Å²) < 4.78 is 0. The molecule has 0 aliphatic carbocycles. The second kappa shape index (κ2) is 6.02. The van der Waals surface area contributed by atoms with E-state index in [-0.39, 0.29) is 0 Å². The highest BCUT2D eigenvalue weighted by molar-refractivity contribution is 5.27. The van der Waals surface area contributed by atoms with Gasteiger partial charge in [-0.25, -0.2) is 9.97 Å². The molecule has 19 heavy (non-hydrogen) atoms. The monoisotopic (exact) mass is 261 g/mol. The van der Waals surface area contributed by atoms with E-state index in [0.717, 1.165) is 30.9 Å². The maximum Gasteiger partial charge on any atom is 0.242 e. The van der Waals surface area contributed by atoms with E-state index in [1.807, 2.05) is 19.9 Å². The third kappa shape index (κ3) is 3.92. The molecule has 0 saturated heterocycles.